The molecule has 0 aliphatic carbocycles. The van der Waals surface area contributed by atoms with Gasteiger partial charge in [0.15, 0.2) is 17.5 Å². The molecule has 0 saturated carbocycles. The minimum Gasteiger partial charge on any atom is -0.325 e. The Labute approximate surface area is 97.2 Å². The zero-order valence-corrected chi connectivity index (χ0v) is 9.56. The van der Waals surface area contributed by atoms with Crippen LogP contribution in [-0.4, -0.2) is 24.0 Å². The van der Waals surface area contributed by atoms with Crippen molar-refractivity contribution in [2.75, 3.05) is 18.4 Å². The van der Waals surface area contributed by atoms with Gasteiger partial charge in [0.1, 0.15) is 0 Å². The highest BCUT2D eigenvalue weighted by molar-refractivity contribution is 5.89. The highest BCUT2D eigenvalue weighted by Gasteiger charge is 2.14. The summed E-state index contributed by atoms with van der Waals surface area (Å²) in [5.41, 5.74) is -0.113. The molecule has 0 bridgehead atoms. The summed E-state index contributed by atoms with van der Waals surface area (Å²) in [6, 6.07) is 0.986. The second-order valence-corrected chi connectivity index (χ2v) is 3.36. The minimum atomic E-state index is -1.55. The van der Waals surface area contributed by atoms with E-state index < -0.39 is 23.5 Å². The lowest BCUT2D eigenvalue weighted by Gasteiger charge is -2.19. The number of amides is 2. The summed E-state index contributed by atoms with van der Waals surface area (Å²) in [6.45, 7) is 4.48. The van der Waals surface area contributed by atoms with Gasteiger partial charge in [0.25, 0.3) is 0 Å². The van der Waals surface area contributed by atoms with E-state index in [-0.39, 0.29) is 5.69 Å². The van der Waals surface area contributed by atoms with Crippen molar-refractivity contribution < 1.29 is 18.0 Å². The molecule has 0 saturated heterocycles. The molecular weight excluding hydrogens is 233 g/mol. The van der Waals surface area contributed by atoms with Crippen LogP contribution in [0, 0.1) is 17.5 Å². The average molecular weight is 246 g/mol. The standard InChI is InChI=1S/C11H13F3N2O/c1-3-16(4-2)11(17)15-7-5-8(12)10(14)9(13)6-7/h5-6H,3-4H2,1-2H3,(H,15,17). The van der Waals surface area contributed by atoms with E-state index in [0.29, 0.717) is 13.1 Å². The maximum absolute atomic E-state index is 12.9. The Morgan fingerprint density at radius 3 is 2.06 bits per heavy atom. The summed E-state index contributed by atoms with van der Waals surface area (Å²) < 4.78 is 38.4. The van der Waals surface area contributed by atoms with Crippen molar-refractivity contribution in [2.24, 2.45) is 0 Å². The SMILES string of the molecule is CCN(CC)C(=O)Nc1cc(F)c(F)c(F)c1. The fraction of sp³-hybridized carbons (Fsp3) is 0.364. The molecule has 0 aliphatic rings. The van der Waals surface area contributed by atoms with Gasteiger partial charge in [0.2, 0.25) is 0 Å². The summed E-state index contributed by atoms with van der Waals surface area (Å²) in [5.74, 6) is -4.22. The lowest BCUT2D eigenvalue weighted by molar-refractivity contribution is 0.217. The Morgan fingerprint density at radius 1 is 1.18 bits per heavy atom. The van der Waals surface area contributed by atoms with E-state index in [9.17, 15) is 18.0 Å². The number of rotatable bonds is 3. The van der Waals surface area contributed by atoms with Crippen molar-refractivity contribution in [3.8, 4) is 0 Å². The van der Waals surface area contributed by atoms with Crippen LogP contribution in [0.3, 0.4) is 0 Å². The largest absolute Gasteiger partial charge is 0.325 e. The Hall–Kier alpha value is -1.72. The number of carbonyl (C=O) groups is 1. The number of halogens is 3. The third-order valence-corrected chi connectivity index (χ3v) is 2.29. The summed E-state index contributed by atoms with van der Waals surface area (Å²) >= 11 is 0. The van der Waals surface area contributed by atoms with Gasteiger partial charge in [0.05, 0.1) is 0 Å². The number of carbonyl (C=O) groups excluding carboxylic acids is 1. The van der Waals surface area contributed by atoms with Crippen molar-refractivity contribution in [1.82, 2.24) is 4.90 Å². The quantitative estimate of drug-likeness (QED) is 0.817. The fourth-order valence-corrected chi connectivity index (χ4v) is 1.34. The molecule has 2 amide bonds. The molecule has 1 N–H and O–H groups in total. The molecule has 0 aliphatic heterocycles. The molecule has 0 unspecified atom stereocenters. The lowest BCUT2D eigenvalue weighted by atomic mass is 10.3. The third kappa shape index (κ3) is 3.12. The topological polar surface area (TPSA) is 32.3 Å². The molecule has 0 fully saturated rings. The van der Waals surface area contributed by atoms with E-state index in [0.717, 1.165) is 12.1 Å². The molecule has 3 nitrogen and oxygen atoms in total. The van der Waals surface area contributed by atoms with Gasteiger partial charge in [-0.3, -0.25) is 0 Å². The van der Waals surface area contributed by atoms with Crippen LogP contribution in [0.15, 0.2) is 12.1 Å². The van der Waals surface area contributed by atoms with Crippen molar-refractivity contribution in [2.45, 2.75) is 13.8 Å². The summed E-state index contributed by atoms with van der Waals surface area (Å²) in [6.07, 6.45) is 0. The molecule has 1 rings (SSSR count). The molecule has 0 spiro atoms. The number of hydrogen-bond donors (Lipinski definition) is 1. The van der Waals surface area contributed by atoms with E-state index >= 15 is 0 Å². The highest BCUT2D eigenvalue weighted by Crippen LogP contribution is 2.17. The van der Waals surface area contributed by atoms with Gasteiger partial charge >= 0.3 is 6.03 Å². The molecule has 0 heterocycles. The zero-order chi connectivity index (χ0) is 13.0. The van der Waals surface area contributed by atoms with Crippen LogP contribution < -0.4 is 5.32 Å². The average Bonchev–Trinajstić information content (AvgIpc) is 2.27. The van der Waals surface area contributed by atoms with Crippen LogP contribution in [0.2, 0.25) is 0 Å². The van der Waals surface area contributed by atoms with Gasteiger partial charge in [-0.15, -0.1) is 0 Å². The predicted molar refractivity (Wildman–Crippen MR) is 58.3 cm³/mol. The van der Waals surface area contributed by atoms with Crippen LogP contribution in [0.1, 0.15) is 13.8 Å². The second kappa shape index (κ2) is 5.56. The number of urea groups is 1. The van der Waals surface area contributed by atoms with Gasteiger partial charge in [-0.05, 0) is 13.8 Å². The molecule has 17 heavy (non-hydrogen) atoms. The molecule has 0 atom stereocenters. The number of nitrogens with one attached hydrogen (secondary N) is 1. The minimum absolute atomic E-state index is 0.113. The van der Waals surface area contributed by atoms with Crippen molar-refractivity contribution in [1.29, 1.82) is 0 Å². The van der Waals surface area contributed by atoms with Crippen molar-refractivity contribution in [3.63, 3.8) is 0 Å². The van der Waals surface area contributed by atoms with Crippen LogP contribution in [-0.2, 0) is 0 Å². The van der Waals surface area contributed by atoms with Crippen LogP contribution >= 0.6 is 0 Å². The van der Waals surface area contributed by atoms with Crippen LogP contribution in [0.5, 0.6) is 0 Å². The number of anilines is 1. The van der Waals surface area contributed by atoms with Gasteiger partial charge in [-0.1, -0.05) is 0 Å². The Kier molecular flexibility index (Phi) is 4.37. The maximum Gasteiger partial charge on any atom is 0.321 e. The molecule has 1 aromatic rings. The maximum atomic E-state index is 12.9. The summed E-state index contributed by atoms with van der Waals surface area (Å²) in [7, 11) is 0. The van der Waals surface area contributed by atoms with Gasteiger partial charge < -0.3 is 10.2 Å². The monoisotopic (exact) mass is 246 g/mol. The Morgan fingerprint density at radius 2 is 1.65 bits per heavy atom. The van der Waals surface area contributed by atoms with Crippen molar-refractivity contribution in [3.05, 3.63) is 29.6 Å². The van der Waals surface area contributed by atoms with Crippen LogP contribution in [0.25, 0.3) is 0 Å². The highest BCUT2D eigenvalue weighted by atomic mass is 19.2. The summed E-state index contributed by atoms with van der Waals surface area (Å²) in [5, 5.41) is 2.29. The number of hydrogen-bond acceptors (Lipinski definition) is 1. The predicted octanol–water partition coefficient (Wildman–Crippen LogP) is 2.98. The van der Waals surface area contributed by atoms with E-state index in [2.05, 4.69) is 5.32 Å². The van der Waals surface area contributed by atoms with E-state index in [1.54, 1.807) is 13.8 Å². The first kappa shape index (κ1) is 13.3. The van der Waals surface area contributed by atoms with E-state index in [1.165, 1.54) is 4.90 Å². The summed E-state index contributed by atoms with van der Waals surface area (Å²) in [4.78, 5) is 13.0. The normalized spacial score (nSPS) is 10.2. The first-order valence-corrected chi connectivity index (χ1v) is 5.20. The van der Waals surface area contributed by atoms with Gasteiger partial charge in [-0.2, -0.15) is 0 Å². The second-order valence-electron chi connectivity index (χ2n) is 3.36. The third-order valence-electron chi connectivity index (χ3n) is 2.29. The van der Waals surface area contributed by atoms with Gasteiger partial charge in [-0.25, -0.2) is 18.0 Å². The number of nitrogens with zero attached hydrogens (tertiary/aromatic N) is 1. The van der Waals surface area contributed by atoms with Crippen LogP contribution in [0.4, 0.5) is 23.7 Å². The molecule has 0 radical (unpaired) electrons. The molecule has 0 aromatic heterocycles. The van der Waals surface area contributed by atoms with E-state index in [4.69, 9.17) is 0 Å². The molecule has 6 heteroatoms. The smallest absolute Gasteiger partial charge is 0.321 e. The molecular formula is C11H13F3N2O. The van der Waals surface area contributed by atoms with E-state index in [1.807, 2.05) is 0 Å². The molecule has 1 aromatic carbocycles. The lowest BCUT2D eigenvalue weighted by Crippen LogP contribution is -2.34. The first-order chi connectivity index (χ1) is 7.99. The zero-order valence-electron chi connectivity index (χ0n) is 9.56. The fourth-order valence-electron chi connectivity index (χ4n) is 1.34. The van der Waals surface area contributed by atoms with Crippen molar-refractivity contribution >= 4 is 11.7 Å². The first-order valence-electron chi connectivity index (χ1n) is 5.20. The number of benzene rings is 1. The van der Waals surface area contributed by atoms with Gasteiger partial charge in [0, 0.05) is 30.9 Å². The Balaban J connectivity index is 2.85. The molecule has 94 valence electrons. The Bertz CT molecular complexity index is 396.